The van der Waals surface area contributed by atoms with E-state index in [1.807, 2.05) is 0 Å². The lowest BCUT2D eigenvalue weighted by molar-refractivity contribution is -0.139. The van der Waals surface area contributed by atoms with Crippen LogP contribution in [0.2, 0.25) is 5.02 Å². The SMILES string of the molecule is CNc1c(-c2ccc(C[C@H](NC(=O)c3c(Cl)cccc3CN)C(=O)O)cc2)c(=O)n(NC)c(=O)n1NC. The van der Waals surface area contributed by atoms with Crippen LogP contribution in [0.3, 0.4) is 0 Å². The Morgan fingerprint density at radius 2 is 1.68 bits per heavy atom. The molecule has 13 heteroatoms. The number of nitrogens with two attached hydrogens (primary N) is 1. The summed E-state index contributed by atoms with van der Waals surface area (Å²) in [5, 5.41) is 15.3. The Balaban J connectivity index is 1.93. The third-order valence-electron chi connectivity index (χ3n) is 5.78. The molecule has 0 saturated heterocycles. The maximum atomic E-state index is 13.0. The number of benzene rings is 2. The minimum Gasteiger partial charge on any atom is -0.480 e. The van der Waals surface area contributed by atoms with Gasteiger partial charge in [0, 0.05) is 34.1 Å². The molecule has 1 heterocycles. The second-order valence-corrected chi connectivity index (χ2v) is 8.33. The highest BCUT2D eigenvalue weighted by atomic mass is 35.5. The molecule has 0 spiro atoms. The van der Waals surface area contributed by atoms with Crippen LogP contribution in [-0.4, -0.2) is 53.5 Å². The molecular weight excluding hydrogens is 502 g/mol. The number of amides is 1. The van der Waals surface area contributed by atoms with Gasteiger partial charge in [0.25, 0.3) is 11.5 Å². The largest absolute Gasteiger partial charge is 0.480 e. The van der Waals surface area contributed by atoms with E-state index in [0.717, 1.165) is 4.68 Å². The van der Waals surface area contributed by atoms with Crippen molar-refractivity contribution in [1.82, 2.24) is 14.7 Å². The average molecular weight is 530 g/mol. The molecule has 0 aliphatic rings. The Labute approximate surface area is 217 Å². The molecule has 2 aromatic carbocycles. The average Bonchev–Trinajstić information content (AvgIpc) is 2.88. The number of halogens is 1. The van der Waals surface area contributed by atoms with Crippen LogP contribution in [0, 0.1) is 0 Å². The molecule has 0 unspecified atom stereocenters. The number of aliphatic carboxylic acids is 1. The number of rotatable bonds is 10. The summed E-state index contributed by atoms with van der Waals surface area (Å²) < 4.78 is 2.04. The van der Waals surface area contributed by atoms with Crippen molar-refractivity contribution in [2.45, 2.75) is 19.0 Å². The van der Waals surface area contributed by atoms with Gasteiger partial charge in [-0.3, -0.25) is 9.59 Å². The molecular formula is C24H28ClN7O5. The minimum absolute atomic E-state index is 0.0284. The van der Waals surface area contributed by atoms with E-state index in [4.69, 9.17) is 17.3 Å². The van der Waals surface area contributed by atoms with Crippen molar-refractivity contribution < 1.29 is 14.7 Å². The molecule has 0 radical (unpaired) electrons. The van der Waals surface area contributed by atoms with Crippen molar-refractivity contribution in [3.63, 3.8) is 0 Å². The lowest BCUT2D eigenvalue weighted by Crippen LogP contribution is -2.47. The van der Waals surface area contributed by atoms with Gasteiger partial charge in [-0.2, -0.15) is 9.35 Å². The van der Waals surface area contributed by atoms with E-state index in [9.17, 15) is 24.3 Å². The smallest absolute Gasteiger partial charge is 0.370 e. The highest BCUT2D eigenvalue weighted by molar-refractivity contribution is 6.34. The molecule has 196 valence electrons. The fourth-order valence-electron chi connectivity index (χ4n) is 3.98. The van der Waals surface area contributed by atoms with Crippen LogP contribution in [0.15, 0.2) is 52.1 Å². The number of hydrogen-bond acceptors (Lipinski definition) is 8. The summed E-state index contributed by atoms with van der Waals surface area (Å²) in [6, 6.07) is 10.2. The van der Waals surface area contributed by atoms with Crippen LogP contribution in [0.25, 0.3) is 11.1 Å². The number of carbonyl (C=O) groups excluding carboxylic acids is 1. The Hall–Kier alpha value is -4.29. The second-order valence-electron chi connectivity index (χ2n) is 7.92. The molecule has 0 fully saturated rings. The van der Waals surface area contributed by atoms with Gasteiger partial charge in [0.15, 0.2) is 0 Å². The number of nitrogens with zero attached hydrogens (tertiary/aromatic N) is 2. The van der Waals surface area contributed by atoms with Gasteiger partial charge in [-0.25, -0.2) is 9.59 Å². The first-order valence-corrected chi connectivity index (χ1v) is 11.6. The Bertz CT molecular complexity index is 1430. The third kappa shape index (κ3) is 5.44. The maximum absolute atomic E-state index is 13.0. The number of carbonyl (C=O) groups is 2. The fourth-order valence-corrected chi connectivity index (χ4v) is 4.26. The van der Waals surface area contributed by atoms with Gasteiger partial charge in [0.2, 0.25) is 0 Å². The van der Waals surface area contributed by atoms with Crippen molar-refractivity contribution in [3.05, 3.63) is 85.0 Å². The molecule has 0 bridgehead atoms. The first-order chi connectivity index (χ1) is 17.7. The topological polar surface area (TPSA) is 173 Å². The number of hydrogen-bond donors (Lipinski definition) is 6. The summed E-state index contributed by atoms with van der Waals surface area (Å²) >= 11 is 6.17. The first-order valence-electron chi connectivity index (χ1n) is 11.2. The number of nitrogens with one attached hydrogen (secondary N) is 4. The van der Waals surface area contributed by atoms with E-state index in [1.165, 1.54) is 17.8 Å². The summed E-state index contributed by atoms with van der Waals surface area (Å²) in [5.41, 5.74) is 11.8. The van der Waals surface area contributed by atoms with Gasteiger partial charge in [0.05, 0.1) is 16.1 Å². The van der Waals surface area contributed by atoms with E-state index < -0.39 is 29.2 Å². The Kier molecular flexibility index (Phi) is 8.58. The summed E-state index contributed by atoms with van der Waals surface area (Å²) in [5.74, 6) is -1.62. The van der Waals surface area contributed by atoms with E-state index in [-0.39, 0.29) is 34.9 Å². The van der Waals surface area contributed by atoms with Crippen LogP contribution in [0.1, 0.15) is 21.5 Å². The van der Waals surface area contributed by atoms with Crippen LogP contribution in [0.4, 0.5) is 5.82 Å². The van der Waals surface area contributed by atoms with Gasteiger partial charge >= 0.3 is 11.7 Å². The van der Waals surface area contributed by atoms with Crippen molar-refractivity contribution in [1.29, 1.82) is 0 Å². The third-order valence-corrected chi connectivity index (χ3v) is 6.09. The molecule has 0 saturated carbocycles. The Morgan fingerprint density at radius 3 is 2.22 bits per heavy atom. The fraction of sp³-hybridized carbons (Fsp3) is 0.250. The highest BCUT2D eigenvalue weighted by Gasteiger charge is 2.24. The molecule has 1 atom stereocenters. The molecule has 1 amide bonds. The summed E-state index contributed by atoms with van der Waals surface area (Å²) in [4.78, 5) is 50.4. The maximum Gasteiger partial charge on any atom is 0.370 e. The summed E-state index contributed by atoms with van der Waals surface area (Å²) in [6.45, 7) is 0.0627. The molecule has 1 aromatic heterocycles. The predicted molar refractivity (Wildman–Crippen MR) is 142 cm³/mol. The van der Waals surface area contributed by atoms with Crippen LogP contribution in [0.5, 0.6) is 0 Å². The van der Waals surface area contributed by atoms with Gasteiger partial charge in [0.1, 0.15) is 11.9 Å². The second kappa shape index (κ2) is 11.6. The monoisotopic (exact) mass is 529 g/mol. The normalized spacial score (nSPS) is 11.5. The zero-order valence-electron chi connectivity index (χ0n) is 20.5. The van der Waals surface area contributed by atoms with Crippen molar-refractivity contribution >= 4 is 29.3 Å². The Morgan fingerprint density at radius 1 is 1.03 bits per heavy atom. The number of aromatic nitrogens is 2. The quantitative estimate of drug-likeness (QED) is 0.220. The molecule has 3 rings (SSSR count). The van der Waals surface area contributed by atoms with Crippen molar-refractivity contribution in [2.24, 2.45) is 5.73 Å². The molecule has 3 aromatic rings. The van der Waals surface area contributed by atoms with Gasteiger partial charge in [-0.1, -0.05) is 48.0 Å². The zero-order valence-corrected chi connectivity index (χ0v) is 21.2. The predicted octanol–water partition coefficient (Wildman–Crippen LogP) is 0.603. The van der Waals surface area contributed by atoms with Crippen LogP contribution in [-0.2, 0) is 17.8 Å². The van der Waals surface area contributed by atoms with E-state index in [1.54, 1.807) is 50.5 Å². The standard InChI is InChI=1S/C24H28ClN7O5/c1-27-20-19(22(34)32(29-3)24(37)31(20)28-2)14-9-7-13(8-10-14)11-17(23(35)36)30-21(33)18-15(12-26)5-4-6-16(18)25/h4-10,17,27-29H,11-12,26H2,1-3H3,(H,30,33)(H,35,36)/t17-/m0/s1. The van der Waals surface area contributed by atoms with Crippen molar-refractivity contribution in [3.8, 4) is 11.1 Å². The van der Waals surface area contributed by atoms with Crippen LogP contribution < -0.4 is 38.5 Å². The summed E-state index contributed by atoms with van der Waals surface area (Å²) in [6.07, 6.45) is -0.0284. The zero-order chi connectivity index (χ0) is 27.3. The van der Waals surface area contributed by atoms with E-state index in [2.05, 4.69) is 21.5 Å². The van der Waals surface area contributed by atoms with Crippen molar-refractivity contribution in [2.75, 3.05) is 37.3 Å². The molecule has 12 nitrogen and oxygen atoms in total. The minimum atomic E-state index is -1.25. The molecule has 0 aliphatic heterocycles. The van der Waals surface area contributed by atoms with E-state index >= 15 is 0 Å². The van der Waals surface area contributed by atoms with Gasteiger partial charge < -0.3 is 32.3 Å². The molecule has 37 heavy (non-hydrogen) atoms. The lowest BCUT2D eigenvalue weighted by Gasteiger charge is -2.19. The van der Waals surface area contributed by atoms with Crippen LogP contribution >= 0.6 is 11.6 Å². The molecule has 7 N–H and O–H groups in total. The number of carboxylic acids is 1. The molecule has 0 aliphatic carbocycles. The van der Waals surface area contributed by atoms with E-state index in [0.29, 0.717) is 16.7 Å². The first kappa shape index (κ1) is 27.3. The number of anilines is 1. The summed E-state index contributed by atoms with van der Waals surface area (Å²) in [7, 11) is 4.58. The van der Waals surface area contributed by atoms with Gasteiger partial charge in [-0.15, -0.1) is 0 Å². The number of carboxylic acid groups (broad SMARTS) is 1. The van der Waals surface area contributed by atoms with Gasteiger partial charge in [-0.05, 0) is 22.8 Å². The highest BCUT2D eigenvalue weighted by Crippen LogP contribution is 2.24. The lowest BCUT2D eigenvalue weighted by atomic mass is 10.0.